The van der Waals surface area contributed by atoms with Crippen LogP contribution in [0.3, 0.4) is 0 Å². The summed E-state index contributed by atoms with van der Waals surface area (Å²) in [6.45, 7) is 4.56. The predicted octanol–water partition coefficient (Wildman–Crippen LogP) is 4.06. The molecule has 0 heterocycles. The van der Waals surface area contributed by atoms with Crippen molar-refractivity contribution in [3.8, 4) is 0 Å². The van der Waals surface area contributed by atoms with Gasteiger partial charge in [0.1, 0.15) is 0 Å². The zero-order valence-corrected chi connectivity index (χ0v) is 9.82. The van der Waals surface area contributed by atoms with Gasteiger partial charge in [-0.1, -0.05) is 35.8 Å². The highest BCUT2D eigenvalue weighted by atomic mass is 79.9. The molecule has 0 fully saturated rings. The number of hydrogen-bond donors (Lipinski definition) is 0. The maximum absolute atomic E-state index is 3.63. The number of rotatable bonds is 1. The lowest BCUT2D eigenvalue weighted by atomic mass is 9.95. The van der Waals surface area contributed by atoms with Crippen LogP contribution in [0, 0.1) is 0 Å². The van der Waals surface area contributed by atoms with Gasteiger partial charge in [0.05, 0.1) is 0 Å². The molecule has 0 nitrogen and oxygen atoms in total. The predicted molar refractivity (Wildman–Crippen MR) is 60.3 cm³/mol. The van der Waals surface area contributed by atoms with Crippen molar-refractivity contribution in [3.05, 3.63) is 33.3 Å². The van der Waals surface area contributed by atoms with E-state index >= 15 is 0 Å². The topological polar surface area (TPSA) is 0 Å². The van der Waals surface area contributed by atoms with Gasteiger partial charge in [-0.25, -0.2) is 0 Å². The summed E-state index contributed by atoms with van der Waals surface area (Å²) in [5.74, 6) is 0.667. The van der Waals surface area contributed by atoms with Gasteiger partial charge in [-0.05, 0) is 47.9 Å². The van der Waals surface area contributed by atoms with Crippen molar-refractivity contribution in [2.45, 2.75) is 39.0 Å². The molecule has 0 aliphatic heterocycles. The Morgan fingerprint density at radius 2 is 1.85 bits per heavy atom. The van der Waals surface area contributed by atoms with Gasteiger partial charge >= 0.3 is 0 Å². The van der Waals surface area contributed by atoms with E-state index in [0.29, 0.717) is 5.92 Å². The first kappa shape index (κ1) is 9.26. The van der Waals surface area contributed by atoms with Gasteiger partial charge in [0.15, 0.2) is 0 Å². The molecule has 2 rings (SSSR count). The number of fused-ring (bicyclic) bond motifs is 1. The second-order valence-electron chi connectivity index (χ2n) is 4.10. The summed E-state index contributed by atoms with van der Waals surface area (Å²) in [6.07, 6.45) is 3.87. The highest BCUT2D eigenvalue weighted by Gasteiger charge is 2.18. The Morgan fingerprint density at radius 1 is 1.15 bits per heavy atom. The summed E-state index contributed by atoms with van der Waals surface area (Å²) in [4.78, 5) is 0. The third-order valence-electron chi connectivity index (χ3n) is 2.89. The van der Waals surface area contributed by atoms with E-state index in [1.165, 1.54) is 23.7 Å². The van der Waals surface area contributed by atoms with Crippen LogP contribution in [0.15, 0.2) is 16.6 Å². The molecule has 70 valence electrons. The van der Waals surface area contributed by atoms with Crippen molar-refractivity contribution in [2.75, 3.05) is 0 Å². The van der Waals surface area contributed by atoms with Gasteiger partial charge in [-0.3, -0.25) is 0 Å². The molecule has 0 saturated heterocycles. The monoisotopic (exact) mass is 238 g/mol. The van der Waals surface area contributed by atoms with Crippen molar-refractivity contribution in [2.24, 2.45) is 0 Å². The first-order chi connectivity index (χ1) is 6.20. The normalized spacial score (nSPS) is 15.1. The molecule has 13 heavy (non-hydrogen) atoms. The van der Waals surface area contributed by atoms with E-state index in [0.717, 1.165) is 0 Å². The minimum absolute atomic E-state index is 0.667. The lowest BCUT2D eigenvalue weighted by molar-refractivity contribution is 0.838. The molecule has 0 unspecified atom stereocenters. The van der Waals surface area contributed by atoms with Crippen LogP contribution in [0.4, 0.5) is 0 Å². The first-order valence-corrected chi connectivity index (χ1v) is 5.79. The van der Waals surface area contributed by atoms with E-state index < -0.39 is 0 Å². The molecule has 0 spiro atoms. The average molecular weight is 239 g/mol. The molecule has 1 aromatic rings. The Kier molecular flexibility index (Phi) is 2.46. The Labute approximate surface area is 88.5 Å². The zero-order valence-electron chi connectivity index (χ0n) is 8.23. The summed E-state index contributed by atoms with van der Waals surface area (Å²) in [5.41, 5.74) is 4.73. The van der Waals surface area contributed by atoms with Crippen molar-refractivity contribution >= 4 is 15.9 Å². The van der Waals surface area contributed by atoms with Gasteiger partial charge in [0.25, 0.3) is 0 Å². The van der Waals surface area contributed by atoms with Crippen LogP contribution >= 0.6 is 15.9 Å². The molecule has 1 aliphatic carbocycles. The SMILES string of the molecule is CC(C)c1ccc(Br)c2c1CCC2. The summed E-state index contributed by atoms with van der Waals surface area (Å²) in [5, 5.41) is 0. The van der Waals surface area contributed by atoms with E-state index in [4.69, 9.17) is 0 Å². The summed E-state index contributed by atoms with van der Waals surface area (Å²) in [7, 11) is 0. The summed E-state index contributed by atoms with van der Waals surface area (Å²) >= 11 is 3.63. The Hall–Kier alpha value is -0.300. The summed E-state index contributed by atoms with van der Waals surface area (Å²) < 4.78 is 1.31. The molecular formula is C12H15Br. The lowest BCUT2D eigenvalue weighted by Crippen LogP contribution is -1.95. The fourth-order valence-corrected chi connectivity index (χ4v) is 2.80. The highest BCUT2D eigenvalue weighted by Crippen LogP contribution is 2.34. The number of hydrogen-bond acceptors (Lipinski definition) is 0. The van der Waals surface area contributed by atoms with Crippen molar-refractivity contribution in [1.29, 1.82) is 0 Å². The van der Waals surface area contributed by atoms with Gasteiger partial charge in [0, 0.05) is 4.47 Å². The fraction of sp³-hybridized carbons (Fsp3) is 0.500. The minimum Gasteiger partial charge on any atom is -0.0587 e. The molecule has 0 atom stereocenters. The van der Waals surface area contributed by atoms with Crippen LogP contribution in [0.2, 0.25) is 0 Å². The largest absolute Gasteiger partial charge is 0.0587 e. The van der Waals surface area contributed by atoms with Gasteiger partial charge in [-0.2, -0.15) is 0 Å². The molecule has 0 radical (unpaired) electrons. The van der Waals surface area contributed by atoms with Crippen LogP contribution in [-0.2, 0) is 12.8 Å². The molecule has 1 aromatic carbocycles. The molecule has 0 N–H and O–H groups in total. The molecule has 1 aliphatic rings. The van der Waals surface area contributed by atoms with Crippen molar-refractivity contribution < 1.29 is 0 Å². The second kappa shape index (κ2) is 3.45. The molecule has 0 aromatic heterocycles. The smallest absolute Gasteiger partial charge is 0.0210 e. The molecule has 0 bridgehead atoms. The van der Waals surface area contributed by atoms with Crippen LogP contribution in [0.1, 0.15) is 42.9 Å². The Morgan fingerprint density at radius 3 is 2.54 bits per heavy atom. The van der Waals surface area contributed by atoms with Crippen LogP contribution < -0.4 is 0 Å². The van der Waals surface area contributed by atoms with E-state index in [9.17, 15) is 0 Å². The minimum atomic E-state index is 0.667. The third kappa shape index (κ3) is 1.54. The first-order valence-electron chi connectivity index (χ1n) is 5.00. The van der Waals surface area contributed by atoms with E-state index in [2.05, 4.69) is 41.9 Å². The molecular weight excluding hydrogens is 224 g/mol. The van der Waals surface area contributed by atoms with E-state index in [1.54, 1.807) is 16.7 Å². The standard InChI is InChI=1S/C12H15Br/c1-8(2)9-6-7-12(13)11-5-3-4-10(9)11/h6-8H,3-5H2,1-2H3. The Balaban J connectivity index is 2.56. The van der Waals surface area contributed by atoms with Crippen molar-refractivity contribution in [1.82, 2.24) is 0 Å². The fourth-order valence-electron chi connectivity index (χ4n) is 2.23. The lowest BCUT2D eigenvalue weighted by Gasteiger charge is -2.12. The van der Waals surface area contributed by atoms with Crippen LogP contribution in [0.25, 0.3) is 0 Å². The van der Waals surface area contributed by atoms with Gasteiger partial charge in [0.2, 0.25) is 0 Å². The average Bonchev–Trinajstić information content (AvgIpc) is 2.53. The van der Waals surface area contributed by atoms with E-state index in [1.807, 2.05) is 0 Å². The highest BCUT2D eigenvalue weighted by molar-refractivity contribution is 9.10. The number of benzene rings is 1. The van der Waals surface area contributed by atoms with Crippen LogP contribution in [-0.4, -0.2) is 0 Å². The Bertz CT molecular complexity index is 326. The number of halogens is 1. The van der Waals surface area contributed by atoms with Crippen LogP contribution in [0.5, 0.6) is 0 Å². The second-order valence-corrected chi connectivity index (χ2v) is 4.96. The van der Waals surface area contributed by atoms with Gasteiger partial charge < -0.3 is 0 Å². The zero-order chi connectivity index (χ0) is 9.42. The van der Waals surface area contributed by atoms with E-state index in [-0.39, 0.29) is 0 Å². The quantitative estimate of drug-likeness (QED) is 0.693. The molecule has 0 saturated carbocycles. The van der Waals surface area contributed by atoms with Gasteiger partial charge in [-0.15, -0.1) is 0 Å². The third-order valence-corrected chi connectivity index (χ3v) is 3.63. The summed E-state index contributed by atoms with van der Waals surface area (Å²) in [6, 6.07) is 4.48. The molecule has 0 amide bonds. The molecule has 1 heteroatoms. The maximum atomic E-state index is 3.63. The van der Waals surface area contributed by atoms with Crippen molar-refractivity contribution in [3.63, 3.8) is 0 Å². The maximum Gasteiger partial charge on any atom is 0.0210 e.